The van der Waals surface area contributed by atoms with Gasteiger partial charge in [0, 0.05) is 26.5 Å². The van der Waals surface area contributed by atoms with E-state index in [0.29, 0.717) is 0 Å². The van der Waals surface area contributed by atoms with E-state index in [1.807, 2.05) is 31.2 Å². The molecular weight excluding hydrogens is 342 g/mol. The molecule has 0 spiro atoms. The van der Waals surface area contributed by atoms with Crippen molar-refractivity contribution in [3.63, 3.8) is 0 Å². The van der Waals surface area contributed by atoms with Crippen molar-refractivity contribution in [2.24, 2.45) is 0 Å². The topological polar surface area (TPSA) is 100 Å². The highest BCUT2D eigenvalue weighted by atomic mass is 16.6. The lowest BCUT2D eigenvalue weighted by molar-refractivity contribution is -0.221. The third-order valence-corrected chi connectivity index (χ3v) is 3.71. The summed E-state index contributed by atoms with van der Waals surface area (Å²) in [5.74, 6) is -1.71. The predicted octanol–water partition coefficient (Wildman–Crippen LogP) is 1.56. The van der Waals surface area contributed by atoms with Crippen molar-refractivity contribution in [3.8, 4) is 0 Å². The van der Waals surface area contributed by atoms with Gasteiger partial charge in [0.1, 0.15) is 0 Å². The zero-order valence-electron chi connectivity index (χ0n) is 15.2. The van der Waals surface area contributed by atoms with Gasteiger partial charge >= 0.3 is 17.9 Å². The molecule has 1 aliphatic heterocycles. The Labute approximate surface area is 151 Å². The summed E-state index contributed by atoms with van der Waals surface area (Å²) in [6.07, 6.45) is -3.64. The van der Waals surface area contributed by atoms with Crippen LogP contribution < -0.4 is 5.32 Å². The molecule has 1 aromatic carbocycles. The molecule has 142 valence electrons. The van der Waals surface area contributed by atoms with Gasteiger partial charge in [0.05, 0.1) is 6.61 Å². The number of rotatable bonds is 5. The first kappa shape index (κ1) is 19.7. The number of nitrogens with one attached hydrogen (secondary N) is 1. The first-order chi connectivity index (χ1) is 12.3. The van der Waals surface area contributed by atoms with Crippen LogP contribution in [0, 0.1) is 6.92 Å². The highest BCUT2D eigenvalue weighted by molar-refractivity contribution is 5.68. The van der Waals surface area contributed by atoms with E-state index in [0.717, 1.165) is 11.3 Å². The van der Waals surface area contributed by atoms with Crippen molar-refractivity contribution >= 4 is 23.6 Å². The van der Waals surface area contributed by atoms with Crippen molar-refractivity contribution in [2.75, 3.05) is 11.9 Å². The number of aryl methyl sites for hydroxylation is 1. The second-order valence-electron chi connectivity index (χ2n) is 6.06. The summed E-state index contributed by atoms with van der Waals surface area (Å²) in [6.45, 7) is 5.65. The van der Waals surface area contributed by atoms with Crippen LogP contribution in [0.4, 0.5) is 5.69 Å². The molecule has 0 amide bonds. The van der Waals surface area contributed by atoms with E-state index in [-0.39, 0.29) is 6.61 Å². The van der Waals surface area contributed by atoms with Crippen molar-refractivity contribution in [1.82, 2.24) is 0 Å². The van der Waals surface area contributed by atoms with Crippen LogP contribution in [0.25, 0.3) is 0 Å². The molecule has 0 unspecified atom stereocenters. The van der Waals surface area contributed by atoms with E-state index in [9.17, 15) is 14.4 Å². The molecule has 4 atom stereocenters. The molecule has 8 heteroatoms. The number of carbonyl (C=O) groups is 3. The number of benzene rings is 1. The van der Waals surface area contributed by atoms with Crippen molar-refractivity contribution in [1.29, 1.82) is 0 Å². The Morgan fingerprint density at radius 1 is 0.923 bits per heavy atom. The molecule has 8 nitrogen and oxygen atoms in total. The van der Waals surface area contributed by atoms with Gasteiger partial charge in [0.15, 0.2) is 24.5 Å². The van der Waals surface area contributed by atoms with Gasteiger partial charge < -0.3 is 24.3 Å². The predicted molar refractivity (Wildman–Crippen MR) is 91.2 cm³/mol. The molecule has 1 aliphatic rings. The minimum absolute atomic E-state index is 0.0151. The number of ether oxygens (including phenoxy) is 4. The van der Waals surface area contributed by atoms with Crippen LogP contribution in [-0.4, -0.2) is 49.1 Å². The largest absolute Gasteiger partial charge is 0.456 e. The maximum Gasteiger partial charge on any atom is 0.303 e. The average molecular weight is 365 g/mol. The first-order valence-electron chi connectivity index (χ1n) is 8.22. The van der Waals surface area contributed by atoms with Crippen LogP contribution in [-0.2, 0) is 33.3 Å². The highest BCUT2D eigenvalue weighted by Crippen LogP contribution is 2.26. The summed E-state index contributed by atoms with van der Waals surface area (Å²) in [6, 6.07) is 7.53. The zero-order valence-corrected chi connectivity index (χ0v) is 15.2. The third kappa shape index (κ3) is 5.45. The summed E-state index contributed by atoms with van der Waals surface area (Å²) in [7, 11) is 0. The highest BCUT2D eigenvalue weighted by Gasteiger charge is 2.46. The van der Waals surface area contributed by atoms with Crippen molar-refractivity contribution < 1.29 is 33.3 Å². The van der Waals surface area contributed by atoms with Crippen molar-refractivity contribution in [3.05, 3.63) is 29.8 Å². The van der Waals surface area contributed by atoms with Gasteiger partial charge in [-0.3, -0.25) is 14.4 Å². The van der Waals surface area contributed by atoms with Crippen LogP contribution >= 0.6 is 0 Å². The van der Waals surface area contributed by atoms with Gasteiger partial charge in [0.2, 0.25) is 0 Å². The summed E-state index contributed by atoms with van der Waals surface area (Å²) in [4.78, 5) is 34.4. The molecule has 0 aliphatic carbocycles. The molecule has 1 fully saturated rings. The zero-order chi connectivity index (χ0) is 19.3. The average Bonchev–Trinajstić information content (AvgIpc) is 2.53. The summed E-state index contributed by atoms with van der Waals surface area (Å²) < 4.78 is 21.5. The molecule has 1 heterocycles. The lowest BCUT2D eigenvalue weighted by Crippen LogP contribution is -2.59. The van der Waals surface area contributed by atoms with Gasteiger partial charge in [-0.1, -0.05) is 17.7 Å². The summed E-state index contributed by atoms with van der Waals surface area (Å²) >= 11 is 0. The second-order valence-corrected chi connectivity index (χ2v) is 6.06. The summed E-state index contributed by atoms with van der Waals surface area (Å²) in [5.41, 5.74) is 1.83. The standard InChI is InChI=1S/C18H23NO7/c1-10-5-7-14(8-6-10)19-18-17(26-13(4)22)16(25-12(3)21)15(9-23-18)24-11(2)20/h5-8,15-19H,9H2,1-4H3/t15-,16+,17-,18-/m1/s1. The fourth-order valence-corrected chi connectivity index (χ4v) is 2.68. The Hall–Kier alpha value is -2.61. The molecule has 0 bridgehead atoms. The fourth-order valence-electron chi connectivity index (χ4n) is 2.68. The minimum Gasteiger partial charge on any atom is -0.456 e. The number of esters is 3. The molecule has 0 saturated carbocycles. The van der Waals surface area contributed by atoms with E-state index >= 15 is 0 Å². The molecule has 0 radical (unpaired) electrons. The van der Waals surface area contributed by atoms with E-state index in [1.54, 1.807) is 0 Å². The van der Waals surface area contributed by atoms with Crippen LogP contribution in [0.15, 0.2) is 24.3 Å². The van der Waals surface area contributed by atoms with Gasteiger partial charge in [-0.25, -0.2) is 0 Å². The van der Waals surface area contributed by atoms with E-state index in [1.165, 1.54) is 20.8 Å². The quantitative estimate of drug-likeness (QED) is 0.620. The Morgan fingerprint density at radius 3 is 2.00 bits per heavy atom. The normalized spacial score (nSPS) is 25.1. The minimum atomic E-state index is -0.990. The van der Waals surface area contributed by atoms with Crippen LogP contribution in [0.5, 0.6) is 0 Å². The number of carbonyl (C=O) groups excluding carboxylic acids is 3. The maximum atomic E-state index is 11.6. The molecule has 1 saturated heterocycles. The molecule has 2 rings (SSSR count). The smallest absolute Gasteiger partial charge is 0.303 e. The van der Waals surface area contributed by atoms with Crippen LogP contribution in [0.3, 0.4) is 0 Å². The molecule has 0 aromatic heterocycles. The molecule has 26 heavy (non-hydrogen) atoms. The Balaban J connectivity index is 2.25. The first-order valence-corrected chi connectivity index (χ1v) is 8.22. The van der Waals surface area contributed by atoms with Gasteiger partial charge in [-0.2, -0.15) is 0 Å². The van der Waals surface area contributed by atoms with E-state index in [2.05, 4.69) is 5.32 Å². The molecule has 1 aromatic rings. The number of hydrogen-bond donors (Lipinski definition) is 1. The number of hydrogen-bond acceptors (Lipinski definition) is 8. The fraction of sp³-hybridized carbons (Fsp3) is 0.500. The SMILES string of the molecule is CC(=O)O[C@@H]1[C@@H](OC(C)=O)[C@H](OC(C)=O)CO[C@H]1Nc1ccc(C)cc1. The van der Waals surface area contributed by atoms with Crippen molar-refractivity contribution in [2.45, 2.75) is 52.2 Å². The maximum absolute atomic E-state index is 11.6. The second kappa shape index (κ2) is 8.66. The lowest BCUT2D eigenvalue weighted by atomic mass is 10.0. The number of anilines is 1. The molecule has 1 N–H and O–H groups in total. The Morgan fingerprint density at radius 2 is 1.46 bits per heavy atom. The van der Waals surface area contributed by atoms with Gasteiger partial charge in [-0.05, 0) is 19.1 Å². The monoisotopic (exact) mass is 365 g/mol. The summed E-state index contributed by atoms with van der Waals surface area (Å²) in [5, 5.41) is 3.11. The van der Waals surface area contributed by atoms with Gasteiger partial charge in [0.25, 0.3) is 0 Å². The van der Waals surface area contributed by atoms with Gasteiger partial charge in [-0.15, -0.1) is 0 Å². The van der Waals surface area contributed by atoms with Crippen LogP contribution in [0.2, 0.25) is 0 Å². The third-order valence-electron chi connectivity index (χ3n) is 3.71. The molecular formula is C18H23NO7. The van der Waals surface area contributed by atoms with Crippen LogP contribution in [0.1, 0.15) is 26.3 Å². The Bertz CT molecular complexity index is 658. The van der Waals surface area contributed by atoms with E-state index in [4.69, 9.17) is 18.9 Å². The Kier molecular flexibility index (Phi) is 6.57. The lowest BCUT2D eigenvalue weighted by Gasteiger charge is -2.40. The van der Waals surface area contributed by atoms with E-state index < -0.39 is 42.4 Å².